The minimum Gasteiger partial charge on any atom is -0.460 e. The van der Waals surface area contributed by atoms with Gasteiger partial charge in [-0.1, -0.05) is 17.7 Å². The summed E-state index contributed by atoms with van der Waals surface area (Å²) >= 11 is 5.89. The van der Waals surface area contributed by atoms with Crippen LogP contribution in [0.3, 0.4) is 0 Å². The van der Waals surface area contributed by atoms with Crippen molar-refractivity contribution in [1.82, 2.24) is 10.2 Å². The summed E-state index contributed by atoms with van der Waals surface area (Å²) in [6.07, 6.45) is 1.71. The van der Waals surface area contributed by atoms with Gasteiger partial charge in [0.1, 0.15) is 11.6 Å². The van der Waals surface area contributed by atoms with Gasteiger partial charge < -0.3 is 14.8 Å². The van der Waals surface area contributed by atoms with Gasteiger partial charge in [-0.2, -0.15) is 0 Å². The van der Waals surface area contributed by atoms with Gasteiger partial charge >= 0.3 is 12.0 Å². The molecule has 2 amide bonds. The molecule has 1 fully saturated rings. The molecule has 0 bridgehead atoms. The molecule has 1 aromatic carbocycles. The van der Waals surface area contributed by atoms with Gasteiger partial charge in [0.15, 0.2) is 0 Å². The first-order valence-electron chi connectivity index (χ1n) is 8.75. The lowest BCUT2D eigenvalue weighted by Gasteiger charge is -2.35. The van der Waals surface area contributed by atoms with Crippen LogP contribution in [0.15, 0.2) is 29.5 Å². The Bertz CT molecular complexity index is 852. The first kappa shape index (κ1) is 20.1. The zero-order valence-electron chi connectivity index (χ0n) is 15.4. The Hall–Kier alpha value is -2.65. The lowest BCUT2D eigenvalue weighted by atomic mass is 9.94. The second-order valence-corrected chi connectivity index (χ2v) is 6.99. The molecule has 1 aliphatic heterocycles. The van der Waals surface area contributed by atoms with Crippen molar-refractivity contribution in [3.05, 3.63) is 50.2 Å². The van der Waals surface area contributed by atoms with E-state index in [1.54, 1.807) is 17.9 Å². The average molecular weight is 410 g/mol. The van der Waals surface area contributed by atoms with E-state index in [1.807, 2.05) is 0 Å². The molecule has 28 heavy (non-hydrogen) atoms. The number of halogens is 1. The number of esters is 1. The van der Waals surface area contributed by atoms with Crippen molar-refractivity contribution in [2.75, 3.05) is 20.3 Å². The molecule has 1 heterocycles. The minimum absolute atomic E-state index is 0.0274. The van der Waals surface area contributed by atoms with Crippen LogP contribution in [-0.4, -0.2) is 48.2 Å². The number of benzene rings is 1. The number of nitrogens with zero attached hydrogens (tertiary/aromatic N) is 2. The third-order valence-corrected chi connectivity index (χ3v) is 5.00. The number of hydrogen-bond acceptors (Lipinski definition) is 6. The summed E-state index contributed by atoms with van der Waals surface area (Å²) in [5.41, 5.74) is 0.788. The Morgan fingerprint density at radius 2 is 2.11 bits per heavy atom. The number of nitro groups is 1. The number of rotatable bonds is 7. The maximum absolute atomic E-state index is 12.8. The summed E-state index contributed by atoms with van der Waals surface area (Å²) in [7, 11) is 1.49. The SMILES string of the molecule is COCCOC(=O)C1=C(C)N(C2CC2)C(=O)N[C@H]1c1ccc(Cl)c([N+](=O)[O-])c1. The molecule has 1 saturated carbocycles. The largest absolute Gasteiger partial charge is 0.460 e. The van der Waals surface area contributed by atoms with E-state index in [1.165, 1.54) is 19.2 Å². The van der Waals surface area contributed by atoms with Crippen molar-refractivity contribution in [2.24, 2.45) is 0 Å². The Morgan fingerprint density at radius 3 is 2.71 bits per heavy atom. The fourth-order valence-electron chi connectivity index (χ4n) is 3.19. The summed E-state index contributed by atoms with van der Waals surface area (Å²) in [5.74, 6) is -0.609. The van der Waals surface area contributed by atoms with Gasteiger partial charge in [0.25, 0.3) is 5.69 Å². The van der Waals surface area contributed by atoms with E-state index in [2.05, 4.69) is 5.32 Å². The van der Waals surface area contributed by atoms with E-state index in [4.69, 9.17) is 21.1 Å². The molecule has 0 radical (unpaired) electrons. The van der Waals surface area contributed by atoms with Crippen LogP contribution in [0.4, 0.5) is 10.5 Å². The van der Waals surface area contributed by atoms with Gasteiger partial charge in [-0.3, -0.25) is 15.0 Å². The molecule has 10 heteroatoms. The molecule has 1 N–H and O–H groups in total. The van der Waals surface area contributed by atoms with Crippen LogP contribution in [0, 0.1) is 10.1 Å². The molecule has 150 valence electrons. The molecular weight excluding hydrogens is 390 g/mol. The predicted octanol–water partition coefficient (Wildman–Crippen LogP) is 2.94. The Labute approximate surface area is 166 Å². The van der Waals surface area contributed by atoms with Crippen LogP contribution in [-0.2, 0) is 14.3 Å². The van der Waals surface area contributed by atoms with E-state index < -0.39 is 16.9 Å². The minimum atomic E-state index is -0.881. The topological polar surface area (TPSA) is 111 Å². The number of methoxy groups -OCH3 is 1. The van der Waals surface area contributed by atoms with Gasteiger partial charge in [-0.05, 0) is 31.4 Å². The summed E-state index contributed by atoms with van der Waals surface area (Å²) in [4.78, 5) is 37.6. The highest BCUT2D eigenvalue weighted by Gasteiger charge is 2.42. The van der Waals surface area contributed by atoms with Gasteiger partial charge in [-0.25, -0.2) is 9.59 Å². The Kier molecular flexibility index (Phi) is 5.85. The summed E-state index contributed by atoms with van der Waals surface area (Å²) in [6.45, 7) is 1.96. The predicted molar refractivity (Wildman–Crippen MR) is 99.8 cm³/mol. The van der Waals surface area contributed by atoms with Crippen molar-refractivity contribution in [1.29, 1.82) is 0 Å². The number of carbonyl (C=O) groups is 2. The fourth-order valence-corrected chi connectivity index (χ4v) is 3.38. The van der Waals surface area contributed by atoms with Gasteiger partial charge in [0.2, 0.25) is 0 Å². The standard InChI is InChI=1S/C18H20ClN3O6/c1-10-15(17(23)28-8-7-27-2)16(20-18(24)21(10)12-4-5-12)11-3-6-13(19)14(9-11)22(25)26/h3,6,9,12,16H,4-5,7-8H2,1-2H3,(H,20,24)/t16-/m0/s1. The highest BCUT2D eigenvalue weighted by Crippen LogP contribution is 2.39. The van der Waals surface area contributed by atoms with Gasteiger partial charge in [0.05, 0.1) is 23.1 Å². The highest BCUT2D eigenvalue weighted by atomic mass is 35.5. The Balaban J connectivity index is 2.02. The highest BCUT2D eigenvalue weighted by molar-refractivity contribution is 6.32. The van der Waals surface area contributed by atoms with Crippen LogP contribution in [0.1, 0.15) is 31.4 Å². The number of urea groups is 1. The quantitative estimate of drug-likeness (QED) is 0.321. The second-order valence-electron chi connectivity index (χ2n) is 6.58. The van der Waals surface area contributed by atoms with E-state index in [9.17, 15) is 19.7 Å². The van der Waals surface area contributed by atoms with Gasteiger partial charge in [0, 0.05) is 24.9 Å². The molecule has 1 aromatic rings. The third-order valence-electron chi connectivity index (χ3n) is 4.68. The van der Waals surface area contributed by atoms with Crippen molar-refractivity contribution < 1.29 is 24.0 Å². The molecule has 0 saturated heterocycles. The van der Waals surface area contributed by atoms with E-state index in [-0.39, 0.29) is 41.6 Å². The number of ether oxygens (including phenoxy) is 2. The number of hydrogen-bond donors (Lipinski definition) is 1. The Morgan fingerprint density at radius 1 is 1.39 bits per heavy atom. The van der Waals surface area contributed by atoms with E-state index in [0.29, 0.717) is 11.3 Å². The maximum atomic E-state index is 12.8. The maximum Gasteiger partial charge on any atom is 0.338 e. The summed E-state index contributed by atoms with van der Waals surface area (Å²) in [6, 6.07) is 2.99. The molecule has 2 aliphatic rings. The molecule has 9 nitrogen and oxygen atoms in total. The smallest absolute Gasteiger partial charge is 0.338 e. The van der Waals surface area contributed by atoms with Crippen molar-refractivity contribution in [3.8, 4) is 0 Å². The fraction of sp³-hybridized carbons (Fsp3) is 0.444. The average Bonchev–Trinajstić information content (AvgIpc) is 3.46. The molecule has 0 spiro atoms. The van der Waals surface area contributed by atoms with Crippen molar-refractivity contribution in [2.45, 2.75) is 31.8 Å². The number of amides is 2. The van der Waals surface area contributed by atoms with Crippen LogP contribution >= 0.6 is 11.6 Å². The van der Waals surface area contributed by atoms with Crippen molar-refractivity contribution in [3.63, 3.8) is 0 Å². The van der Waals surface area contributed by atoms with Crippen LogP contribution in [0.25, 0.3) is 0 Å². The summed E-state index contributed by atoms with van der Waals surface area (Å²) < 4.78 is 10.2. The molecule has 0 unspecified atom stereocenters. The first-order chi connectivity index (χ1) is 13.3. The number of allylic oxidation sites excluding steroid dienone is 1. The third kappa shape index (κ3) is 3.95. The normalized spacial score (nSPS) is 19.5. The zero-order chi connectivity index (χ0) is 20.4. The lowest BCUT2D eigenvalue weighted by Crippen LogP contribution is -2.49. The number of carbonyl (C=O) groups excluding carboxylic acids is 2. The number of nitro benzene ring substituents is 1. The van der Waals surface area contributed by atoms with E-state index >= 15 is 0 Å². The van der Waals surface area contributed by atoms with E-state index in [0.717, 1.165) is 12.8 Å². The first-order valence-corrected chi connectivity index (χ1v) is 9.13. The molecule has 3 rings (SSSR count). The van der Waals surface area contributed by atoms with Crippen molar-refractivity contribution >= 4 is 29.3 Å². The zero-order valence-corrected chi connectivity index (χ0v) is 16.2. The van der Waals surface area contributed by atoms with Crippen LogP contribution < -0.4 is 5.32 Å². The molecular formula is C18H20ClN3O6. The summed E-state index contributed by atoms with van der Waals surface area (Å²) in [5, 5.41) is 14.0. The lowest BCUT2D eigenvalue weighted by molar-refractivity contribution is -0.384. The molecule has 1 aliphatic carbocycles. The number of nitrogens with one attached hydrogen (secondary N) is 1. The second kappa shape index (κ2) is 8.15. The van der Waals surface area contributed by atoms with Gasteiger partial charge in [-0.15, -0.1) is 0 Å². The van der Waals surface area contributed by atoms with Crippen LogP contribution in [0.2, 0.25) is 5.02 Å². The van der Waals surface area contributed by atoms with Crippen LogP contribution in [0.5, 0.6) is 0 Å². The monoisotopic (exact) mass is 409 g/mol. The molecule has 0 aromatic heterocycles. The molecule has 1 atom stereocenters.